The highest BCUT2D eigenvalue weighted by molar-refractivity contribution is 5.43. The molecule has 0 aliphatic carbocycles. The second-order valence-corrected chi connectivity index (χ2v) is 6.61. The molecule has 0 aromatic heterocycles. The zero-order valence-electron chi connectivity index (χ0n) is 15.8. The van der Waals surface area contributed by atoms with Gasteiger partial charge < -0.3 is 10.4 Å². The van der Waals surface area contributed by atoms with Gasteiger partial charge in [-0.2, -0.15) is 0 Å². The van der Waals surface area contributed by atoms with Crippen molar-refractivity contribution in [2.75, 3.05) is 6.54 Å². The molecule has 25 heavy (non-hydrogen) atoms. The Balaban J connectivity index is 1.87. The Hall–Kier alpha value is -2.24. The van der Waals surface area contributed by atoms with Gasteiger partial charge in [-0.05, 0) is 60.2 Å². The lowest BCUT2D eigenvalue weighted by Crippen LogP contribution is -2.20. The van der Waals surface area contributed by atoms with Crippen LogP contribution in [0.2, 0.25) is 0 Å². The van der Waals surface area contributed by atoms with Crippen LogP contribution in [0.25, 0.3) is 0 Å². The van der Waals surface area contributed by atoms with Gasteiger partial charge in [0.15, 0.2) is 0 Å². The molecular weight excluding hydrogens is 306 g/mol. The van der Waals surface area contributed by atoms with Gasteiger partial charge in [0.05, 0.1) is 0 Å². The molecule has 2 nitrogen and oxygen atoms in total. The maximum absolute atomic E-state index is 9.56. The lowest BCUT2D eigenvalue weighted by Gasteiger charge is -2.11. The Bertz CT molecular complexity index is 767. The maximum atomic E-state index is 9.56. The Labute approximate surface area is 152 Å². The van der Waals surface area contributed by atoms with E-state index in [9.17, 15) is 5.11 Å². The van der Waals surface area contributed by atoms with Crippen molar-refractivity contribution in [2.45, 2.75) is 47.1 Å². The Morgan fingerprint density at radius 3 is 2.48 bits per heavy atom. The summed E-state index contributed by atoms with van der Waals surface area (Å²) in [5.74, 6) is 7.06. The molecule has 2 aromatic rings. The number of rotatable bonds is 6. The van der Waals surface area contributed by atoms with Crippen LogP contribution in [-0.4, -0.2) is 11.7 Å². The van der Waals surface area contributed by atoms with Crippen LogP contribution in [0.1, 0.15) is 48.6 Å². The van der Waals surface area contributed by atoms with Crippen LogP contribution in [0.4, 0.5) is 0 Å². The summed E-state index contributed by atoms with van der Waals surface area (Å²) >= 11 is 0. The zero-order valence-corrected chi connectivity index (χ0v) is 15.8. The van der Waals surface area contributed by atoms with E-state index in [0.717, 1.165) is 37.1 Å². The van der Waals surface area contributed by atoms with Crippen LogP contribution in [-0.2, 0) is 19.4 Å². The molecule has 2 rings (SSSR count). The highest BCUT2D eigenvalue weighted by Gasteiger charge is 2.02. The van der Waals surface area contributed by atoms with Crippen molar-refractivity contribution in [3.05, 3.63) is 64.2 Å². The van der Waals surface area contributed by atoms with Gasteiger partial charge in [-0.3, -0.25) is 0 Å². The van der Waals surface area contributed by atoms with Crippen LogP contribution < -0.4 is 5.32 Å². The second kappa shape index (κ2) is 9.30. The monoisotopic (exact) mass is 335 g/mol. The molecule has 0 saturated carbocycles. The van der Waals surface area contributed by atoms with Crippen molar-refractivity contribution >= 4 is 0 Å². The molecular formula is C23H29NO. The molecule has 2 heteroatoms. The van der Waals surface area contributed by atoms with E-state index in [0.29, 0.717) is 5.75 Å². The largest absolute Gasteiger partial charge is 0.508 e. The highest BCUT2D eigenvalue weighted by Crippen LogP contribution is 2.16. The molecule has 0 heterocycles. The third kappa shape index (κ3) is 5.66. The van der Waals surface area contributed by atoms with E-state index in [4.69, 9.17) is 0 Å². The predicted octanol–water partition coefficient (Wildman–Crippen LogP) is 4.60. The molecule has 0 radical (unpaired) electrons. The Kier molecular flexibility index (Phi) is 7.10. The number of phenolic OH excluding ortho intramolecular Hbond substituents is 1. The van der Waals surface area contributed by atoms with Gasteiger partial charge in [-0.15, -0.1) is 0 Å². The summed E-state index contributed by atoms with van der Waals surface area (Å²) in [6.07, 6.45) is 2.19. The smallest absolute Gasteiger partial charge is 0.118 e. The average Bonchev–Trinajstić information content (AvgIpc) is 2.62. The van der Waals surface area contributed by atoms with Gasteiger partial charge in [0, 0.05) is 24.6 Å². The van der Waals surface area contributed by atoms with Crippen molar-refractivity contribution in [2.24, 2.45) is 5.92 Å². The van der Waals surface area contributed by atoms with Gasteiger partial charge in [-0.25, -0.2) is 0 Å². The number of benzene rings is 2. The summed E-state index contributed by atoms with van der Waals surface area (Å²) in [7, 11) is 0. The molecule has 1 atom stereocenters. The third-order valence-corrected chi connectivity index (χ3v) is 4.47. The fourth-order valence-corrected chi connectivity index (χ4v) is 2.89. The predicted molar refractivity (Wildman–Crippen MR) is 106 cm³/mol. The SMILES string of the molecule is CCc1ccc(CNCC(C)C#Cc2ccc(O)c(C)c2)cc1CC. The van der Waals surface area contributed by atoms with E-state index in [1.165, 1.54) is 16.7 Å². The second-order valence-electron chi connectivity index (χ2n) is 6.61. The van der Waals surface area contributed by atoms with Crippen molar-refractivity contribution in [3.63, 3.8) is 0 Å². The maximum Gasteiger partial charge on any atom is 0.118 e. The van der Waals surface area contributed by atoms with Gasteiger partial charge in [0.2, 0.25) is 0 Å². The first-order valence-electron chi connectivity index (χ1n) is 9.16. The molecule has 0 aliphatic heterocycles. The normalized spacial score (nSPS) is 11.7. The number of nitrogens with one attached hydrogen (secondary N) is 1. The van der Waals surface area contributed by atoms with Crippen LogP contribution in [0.3, 0.4) is 0 Å². The Morgan fingerprint density at radius 1 is 1.04 bits per heavy atom. The summed E-state index contributed by atoms with van der Waals surface area (Å²) < 4.78 is 0. The van der Waals surface area contributed by atoms with Crippen molar-refractivity contribution in [1.29, 1.82) is 0 Å². The van der Waals surface area contributed by atoms with E-state index in [1.807, 2.05) is 19.1 Å². The number of aryl methyl sites for hydroxylation is 3. The first-order valence-corrected chi connectivity index (χ1v) is 9.16. The van der Waals surface area contributed by atoms with E-state index >= 15 is 0 Å². The van der Waals surface area contributed by atoms with Crippen LogP contribution in [0.15, 0.2) is 36.4 Å². The molecule has 0 aliphatic rings. The van der Waals surface area contributed by atoms with Crippen LogP contribution in [0, 0.1) is 24.7 Å². The minimum absolute atomic E-state index is 0.273. The van der Waals surface area contributed by atoms with E-state index in [1.54, 1.807) is 6.07 Å². The number of aromatic hydroxyl groups is 1. The van der Waals surface area contributed by atoms with Crippen molar-refractivity contribution < 1.29 is 5.11 Å². The van der Waals surface area contributed by atoms with Crippen LogP contribution >= 0.6 is 0 Å². The highest BCUT2D eigenvalue weighted by atomic mass is 16.3. The minimum atomic E-state index is 0.273. The van der Waals surface area contributed by atoms with Gasteiger partial charge in [0.25, 0.3) is 0 Å². The summed E-state index contributed by atoms with van der Waals surface area (Å²) in [6, 6.07) is 12.3. The topological polar surface area (TPSA) is 32.3 Å². The summed E-state index contributed by atoms with van der Waals surface area (Å²) in [6.45, 7) is 10.2. The average molecular weight is 335 g/mol. The molecule has 0 bridgehead atoms. The summed E-state index contributed by atoms with van der Waals surface area (Å²) in [5, 5.41) is 13.1. The summed E-state index contributed by atoms with van der Waals surface area (Å²) in [4.78, 5) is 0. The molecule has 132 valence electrons. The van der Waals surface area contributed by atoms with E-state index in [2.05, 4.69) is 56.1 Å². The first-order chi connectivity index (χ1) is 12.0. The molecule has 0 fully saturated rings. The molecule has 1 unspecified atom stereocenters. The number of hydrogen-bond donors (Lipinski definition) is 2. The number of phenols is 1. The summed E-state index contributed by atoms with van der Waals surface area (Å²) in [5.41, 5.74) is 6.06. The molecule has 0 amide bonds. The lowest BCUT2D eigenvalue weighted by molar-refractivity contribution is 0.471. The fourth-order valence-electron chi connectivity index (χ4n) is 2.89. The van der Waals surface area contributed by atoms with E-state index < -0.39 is 0 Å². The minimum Gasteiger partial charge on any atom is -0.508 e. The van der Waals surface area contributed by atoms with Crippen LogP contribution in [0.5, 0.6) is 5.75 Å². The van der Waals surface area contributed by atoms with Crippen molar-refractivity contribution in [1.82, 2.24) is 5.32 Å². The number of hydrogen-bond acceptors (Lipinski definition) is 2. The fraction of sp³-hybridized carbons (Fsp3) is 0.391. The quantitative estimate of drug-likeness (QED) is 0.756. The standard InChI is InChI=1S/C23H29NO/c1-5-21-11-9-20(14-22(21)6-2)16-24-15-17(3)7-8-19-10-12-23(25)18(4)13-19/h9-14,17,24-25H,5-6,15-16H2,1-4H3. The lowest BCUT2D eigenvalue weighted by atomic mass is 10.00. The molecule has 0 spiro atoms. The molecule has 0 saturated heterocycles. The molecule has 2 N–H and O–H groups in total. The Morgan fingerprint density at radius 2 is 1.80 bits per heavy atom. The van der Waals surface area contributed by atoms with Gasteiger partial charge in [-0.1, -0.05) is 50.8 Å². The van der Waals surface area contributed by atoms with Gasteiger partial charge in [0.1, 0.15) is 5.75 Å². The van der Waals surface area contributed by atoms with E-state index in [-0.39, 0.29) is 5.92 Å². The first kappa shape index (κ1) is 19.1. The van der Waals surface area contributed by atoms with Crippen molar-refractivity contribution in [3.8, 4) is 17.6 Å². The van der Waals surface area contributed by atoms with Gasteiger partial charge >= 0.3 is 0 Å². The zero-order chi connectivity index (χ0) is 18.2. The molecule has 2 aromatic carbocycles. The third-order valence-electron chi connectivity index (χ3n) is 4.47.